The Bertz CT molecular complexity index is 390. The van der Waals surface area contributed by atoms with Crippen LogP contribution in [0, 0.1) is 0 Å². The van der Waals surface area contributed by atoms with Crippen molar-refractivity contribution in [2.24, 2.45) is 0 Å². The Balaban J connectivity index is 2.55. The molecule has 19 heavy (non-hydrogen) atoms. The molecule has 1 rings (SSSR count). The molecular formula is C16H23Cl2N. The van der Waals surface area contributed by atoms with Gasteiger partial charge in [-0.05, 0) is 43.5 Å². The third-order valence-electron chi connectivity index (χ3n) is 3.20. The molecule has 1 aromatic rings. The van der Waals surface area contributed by atoms with Crippen molar-refractivity contribution in [3.8, 4) is 0 Å². The maximum atomic E-state index is 6.09. The van der Waals surface area contributed by atoms with Crippen molar-refractivity contribution in [2.75, 3.05) is 6.54 Å². The highest BCUT2D eigenvalue weighted by Crippen LogP contribution is 2.28. The summed E-state index contributed by atoms with van der Waals surface area (Å²) in [4.78, 5) is 0. The van der Waals surface area contributed by atoms with E-state index in [1.165, 1.54) is 24.8 Å². The first kappa shape index (κ1) is 16.6. The molecule has 0 bridgehead atoms. The van der Waals surface area contributed by atoms with E-state index in [1.807, 2.05) is 18.2 Å². The molecule has 106 valence electrons. The van der Waals surface area contributed by atoms with Crippen LogP contribution in [0.15, 0.2) is 30.9 Å². The van der Waals surface area contributed by atoms with Crippen LogP contribution < -0.4 is 5.32 Å². The first-order valence-corrected chi connectivity index (χ1v) is 7.73. The number of hydrogen-bond donors (Lipinski definition) is 1. The number of benzene rings is 1. The van der Waals surface area contributed by atoms with E-state index < -0.39 is 0 Å². The quantitative estimate of drug-likeness (QED) is 0.450. The number of rotatable bonds is 9. The molecule has 0 saturated heterocycles. The van der Waals surface area contributed by atoms with Crippen molar-refractivity contribution >= 4 is 23.2 Å². The molecule has 0 aliphatic rings. The summed E-state index contributed by atoms with van der Waals surface area (Å²) >= 11 is 12.1. The molecule has 1 nitrogen and oxygen atoms in total. The van der Waals surface area contributed by atoms with E-state index in [-0.39, 0.29) is 0 Å². The fourth-order valence-corrected chi connectivity index (χ4v) is 2.48. The summed E-state index contributed by atoms with van der Waals surface area (Å²) in [5.74, 6) is 0. The molecule has 0 spiro atoms. The number of nitrogens with one attached hydrogen (secondary N) is 1. The molecule has 1 N–H and O–H groups in total. The van der Waals surface area contributed by atoms with Gasteiger partial charge in [-0.1, -0.05) is 55.1 Å². The summed E-state index contributed by atoms with van der Waals surface area (Å²) in [7, 11) is 0. The average molecular weight is 300 g/mol. The molecule has 1 unspecified atom stereocenters. The Morgan fingerprint density at radius 2 is 2.00 bits per heavy atom. The van der Waals surface area contributed by atoms with Gasteiger partial charge in [0, 0.05) is 6.04 Å². The van der Waals surface area contributed by atoms with Crippen LogP contribution >= 0.6 is 23.2 Å². The van der Waals surface area contributed by atoms with Crippen molar-refractivity contribution in [3.63, 3.8) is 0 Å². The van der Waals surface area contributed by atoms with Gasteiger partial charge in [-0.3, -0.25) is 0 Å². The lowest BCUT2D eigenvalue weighted by Gasteiger charge is -2.19. The Labute approximate surface area is 127 Å². The lowest BCUT2D eigenvalue weighted by atomic mass is 10.00. The van der Waals surface area contributed by atoms with Crippen LogP contribution in [0.1, 0.15) is 50.6 Å². The van der Waals surface area contributed by atoms with Crippen LogP contribution in [0.5, 0.6) is 0 Å². The molecule has 1 aromatic carbocycles. The molecule has 0 aliphatic carbocycles. The summed E-state index contributed by atoms with van der Waals surface area (Å²) in [6.45, 7) is 6.83. The lowest BCUT2D eigenvalue weighted by molar-refractivity contribution is 0.484. The highest BCUT2D eigenvalue weighted by molar-refractivity contribution is 6.42. The maximum Gasteiger partial charge on any atom is 0.0595 e. The van der Waals surface area contributed by atoms with Crippen LogP contribution in [-0.4, -0.2) is 6.54 Å². The first-order chi connectivity index (χ1) is 9.19. The van der Waals surface area contributed by atoms with Crippen LogP contribution in [-0.2, 0) is 0 Å². The third kappa shape index (κ3) is 5.99. The van der Waals surface area contributed by atoms with E-state index in [4.69, 9.17) is 23.2 Å². The second-order valence-electron chi connectivity index (χ2n) is 4.71. The van der Waals surface area contributed by atoms with Crippen LogP contribution in [0.3, 0.4) is 0 Å². The van der Waals surface area contributed by atoms with Gasteiger partial charge < -0.3 is 5.32 Å². The molecule has 0 heterocycles. The topological polar surface area (TPSA) is 12.0 Å². The van der Waals surface area contributed by atoms with Gasteiger partial charge in [-0.25, -0.2) is 0 Å². The summed E-state index contributed by atoms with van der Waals surface area (Å²) in [5.41, 5.74) is 1.22. The fourth-order valence-electron chi connectivity index (χ4n) is 2.18. The third-order valence-corrected chi connectivity index (χ3v) is 3.94. The van der Waals surface area contributed by atoms with Gasteiger partial charge in [0.25, 0.3) is 0 Å². The molecule has 0 aliphatic heterocycles. The highest BCUT2D eigenvalue weighted by Gasteiger charge is 2.11. The van der Waals surface area contributed by atoms with E-state index in [0.29, 0.717) is 16.1 Å². The van der Waals surface area contributed by atoms with E-state index in [2.05, 4.69) is 24.9 Å². The zero-order valence-corrected chi connectivity index (χ0v) is 13.1. The second kappa shape index (κ2) is 9.41. The minimum absolute atomic E-state index is 0.364. The highest BCUT2D eigenvalue weighted by atomic mass is 35.5. The molecule has 3 heteroatoms. The van der Waals surface area contributed by atoms with E-state index in [9.17, 15) is 0 Å². The zero-order chi connectivity index (χ0) is 14.1. The Hall–Kier alpha value is -0.500. The standard InChI is InChI=1S/C16H23Cl2N/c1-3-5-6-7-8-9-16(19-4-2)13-10-11-14(17)15(18)12-13/h3,10-12,16,19H,1,4-9H2,2H3. The number of hydrogen-bond acceptors (Lipinski definition) is 1. The van der Waals surface area contributed by atoms with Crippen molar-refractivity contribution < 1.29 is 0 Å². The predicted molar refractivity (Wildman–Crippen MR) is 86.2 cm³/mol. The average Bonchev–Trinajstić information content (AvgIpc) is 2.40. The molecule has 0 aromatic heterocycles. The van der Waals surface area contributed by atoms with Crippen LogP contribution in [0.25, 0.3) is 0 Å². The maximum absolute atomic E-state index is 6.09. The van der Waals surface area contributed by atoms with Crippen molar-refractivity contribution in [3.05, 3.63) is 46.5 Å². The Morgan fingerprint density at radius 3 is 2.63 bits per heavy atom. The van der Waals surface area contributed by atoms with Gasteiger partial charge in [-0.15, -0.1) is 6.58 Å². The van der Waals surface area contributed by atoms with Gasteiger partial charge in [0.1, 0.15) is 0 Å². The van der Waals surface area contributed by atoms with Crippen molar-refractivity contribution in [1.82, 2.24) is 5.32 Å². The second-order valence-corrected chi connectivity index (χ2v) is 5.52. The first-order valence-electron chi connectivity index (χ1n) is 6.98. The molecule has 0 saturated carbocycles. The molecule has 1 atom stereocenters. The minimum Gasteiger partial charge on any atom is -0.310 e. The number of allylic oxidation sites excluding steroid dienone is 1. The number of unbranched alkanes of at least 4 members (excludes halogenated alkanes) is 3. The molecular weight excluding hydrogens is 277 g/mol. The summed E-state index contributed by atoms with van der Waals surface area (Å²) in [6.07, 6.45) is 7.91. The van der Waals surface area contributed by atoms with Crippen molar-refractivity contribution in [2.45, 2.75) is 45.1 Å². The van der Waals surface area contributed by atoms with E-state index in [0.717, 1.165) is 19.4 Å². The van der Waals surface area contributed by atoms with Gasteiger partial charge >= 0.3 is 0 Å². The Kier molecular flexibility index (Phi) is 8.20. The molecule has 0 amide bonds. The lowest BCUT2D eigenvalue weighted by Crippen LogP contribution is -2.20. The van der Waals surface area contributed by atoms with E-state index >= 15 is 0 Å². The van der Waals surface area contributed by atoms with Crippen LogP contribution in [0.2, 0.25) is 10.0 Å². The van der Waals surface area contributed by atoms with Crippen molar-refractivity contribution in [1.29, 1.82) is 0 Å². The van der Waals surface area contributed by atoms with Gasteiger partial charge in [0.15, 0.2) is 0 Å². The summed E-state index contributed by atoms with van der Waals surface area (Å²) in [5, 5.41) is 4.76. The largest absolute Gasteiger partial charge is 0.310 e. The van der Waals surface area contributed by atoms with E-state index in [1.54, 1.807) is 0 Å². The Morgan fingerprint density at radius 1 is 1.21 bits per heavy atom. The SMILES string of the molecule is C=CCCCCCC(NCC)c1ccc(Cl)c(Cl)c1. The smallest absolute Gasteiger partial charge is 0.0595 e. The molecule has 0 fully saturated rings. The van der Waals surface area contributed by atoms with Gasteiger partial charge in [-0.2, -0.15) is 0 Å². The number of halogens is 2. The zero-order valence-electron chi connectivity index (χ0n) is 11.6. The fraction of sp³-hybridized carbons (Fsp3) is 0.500. The minimum atomic E-state index is 0.364. The normalized spacial score (nSPS) is 12.4. The van der Waals surface area contributed by atoms with Gasteiger partial charge in [0.2, 0.25) is 0 Å². The monoisotopic (exact) mass is 299 g/mol. The van der Waals surface area contributed by atoms with Crippen LogP contribution in [0.4, 0.5) is 0 Å². The predicted octanol–water partition coefficient (Wildman–Crippen LogP) is 5.78. The molecule has 0 radical (unpaired) electrons. The summed E-state index contributed by atoms with van der Waals surface area (Å²) < 4.78 is 0. The van der Waals surface area contributed by atoms with Gasteiger partial charge in [0.05, 0.1) is 10.0 Å². The summed E-state index contributed by atoms with van der Waals surface area (Å²) in [6, 6.07) is 6.27.